The molecule has 0 spiro atoms. The summed E-state index contributed by atoms with van der Waals surface area (Å²) >= 11 is 6.01. The van der Waals surface area contributed by atoms with Gasteiger partial charge in [0.15, 0.2) is 0 Å². The summed E-state index contributed by atoms with van der Waals surface area (Å²) in [5.41, 5.74) is 2.47. The lowest BCUT2D eigenvalue weighted by atomic mass is 10.0. The Kier molecular flexibility index (Phi) is 4.38. The van der Waals surface area contributed by atoms with Crippen LogP contribution in [0.5, 0.6) is 11.5 Å². The molecule has 5 nitrogen and oxygen atoms in total. The molecule has 2 N–H and O–H groups in total. The van der Waals surface area contributed by atoms with Crippen LogP contribution in [0.1, 0.15) is 22.1 Å². The van der Waals surface area contributed by atoms with E-state index in [1.807, 2.05) is 18.2 Å². The highest BCUT2D eigenvalue weighted by Crippen LogP contribution is 2.40. The molecule has 136 valence electrons. The zero-order valence-corrected chi connectivity index (χ0v) is 15.3. The van der Waals surface area contributed by atoms with Gasteiger partial charge in [-0.2, -0.15) is 0 Å². The number of benzene rings is 3. The quantitative estimate of drug-likeness (QED) is 0.683. The maximum absolute atomic E-state index is 13.3. The first-order valence-corrected chi connectivity index (χ1v) is 8.78. The van der Waals surface area contributed by atoms with Gasteiger partial charge in [0.05, 0.1) is 12.7 Å². The summed E-state index contributed by atoms with van der Waals surface area (Å²) in [7, 11) is 1.56. The molecule has 1 heterocycles. The van der Waals surface area contributed by atoms with E-state index in [2.05, 4.69) is 5.32 Å². The number of halogens is 1. The molecule has 0 radical (unpaired) electrons. The van der Waals surface area contributed by atoms with E-state index >= 15 is 0 Å². The fourth-order valence-corrected chi connectivity index (χ4v) is 3.34. The standard InChI is InChI=1S/C21H17ClN2O3/c1-27-15-10-11-19(25)17(12-15)20-23-18-5-3-2-4-16(18)21(26)24(20)14-8-6-13(22)7-9-14/h2-12,20,23,25H,1H3/t20-/m0/s1. The van der Waals surface area contributed by atoms with Crippen molar-refractivity contribution in [2.75, 3.05) is 17.3 Å². The highest BCUT2D eigenvalue weighted by atomic mass is 35.5. The van der Waals surface area contributed by atoms with Crippen molar-refractivity contribution in [3.05, 3.63) is 82.9 Å². The lowest BCUT2D eigenvalue weighted by Gasteiger charge is -2.38. The van der Waals surface area contributed by atoms with Crippen LogP contribution in [-0.4, -0.2) is 18.1 Å². The van der Waals surface area contributed by atoms with Gasteiger partial charge in [-0.25, -0.2) is 0 Å². The minimum atomic E-state index is -0.608. The van der Waals surface area contributed by atoms with E-state index in [1.54, 1.807) is 60.5 Å². The number of para-hydroxylation sites is 1. The molecule has 1 aliphatic rings. The molecule has 1 atom stereocenters. The van der Waals surface area contributed by atoms with Crippen molar-refractivity contribution in [2.45, 2.75) is 6.17 Å². The van der Waals surface area contributed by atoms with Crippen molar-refractivity contribution in [3.8, 4) is 11.5 Å². The zero-order chi connectivity index (χ0) is 19.0. The predicted octanol–water partition coefficient (Wildman–Crippen LogP) is 4.83. The number of anilines is 2. The fourth-order valence-electron chi connectivity index (χ4n) is 3.22. The Balaban J connectivity index is 1.89. The third-order valence-corrected chi connectivity index (χ3v) is 4.81. The molecule has 6 heteroatoms. The van der Waals surface area contributed by atoms with Crippen LogP contribution in [0.15, 0.2) is 66.7 Å². The normalized spacial score (nSPS) is 15.9. The zero-order valence-electron chi connectivity index (χ0n) is 14.5. The Morgan fingerprint density at radius 2 is 1.81 bits per heavy atom. The van der Waals surface area contributed by atoms with Gasteiger partial charge in [0.25, 0.3) is 5.91 Å². The number of aromatic hydroxyl groups is 1. The minimum absolute atomic E-state index is 0.0689. The molecule has 0 saturated carbocycles. The first-order chi connectivity index (χ1) is 13.1. The number of carbonyl (C=O) groups is 1. The summed E-state index contributed by atoms with van der Waals surface area (Å²) in [6.07, 6.45) is -0.608. The van der Waals surface area contributed by atoms with Crippen LogP contribution in [0, 0.1) is 0 Å². The summed E-state index contributed by atoms with van der Waals surface area (Å²) in [5, 5.41) is 14.4. The highest BCUT2D eigenvalue weighted by molar-refractivity contribution is 6.30. The third-order valence-electron chi connectivity index (χ3n) is 4.56. The maximum Gasteiger partial charge on any atom is 0.262 e. The Morgan fingerprint density at radius 3 is 2.56 bits per heavy atom. The molecule has 0 aromatic heterocycles. The Labute approximate surface area is 161 Å². The third kappa shape index (κ3) is 3.06. The van der Waals surface area contributed by atoms with Crippen molar-refractivity contribution in [3.63, 3.8) is 0 Å². The fraction of sp³-hybridized carbons (Fsp3) is 0.0952. The van der Waals surface area contributed by atoms with Gasteiger partial charge >= 0.3 is 0 Å². The maximum atomic E-state index is 13.3. The van der Waals surface area contributed by atoms with Crippen LogP contribution < -0.4 is 15.0 Å². The monoisotopic (exact) mass is 380 g/mol. The number of fused-ring (bicyclic) bond motifs is 1. The minimum Gasteiger partial charge on any atom is -0.508 e. The topological polar surface area (TPSA) is 61.8 Å². The average molecular weight is 381 g/mol. The van der Waals surface area contributed by atoms with Gasteiger partial charge in [-0.3, -0.25) is 9.69 Å². The van der Waals surface area contributed by atoms with E-state index < -0.39 is 6.17 Å². The van der Waals surface area contributed by atoms with Gasteiger partial charge in [-0.15, -0.1) is 0 Å². The number of rotatable bonds is 3. The molecular formula is C21H17ClN2O3. The summed E-state index contributed by atoms with van der Waals surface area (Å²) < 4.78 is 5.29. The van der Waals surface area contributed by atoms with Crippen molar-refractivity contribution in [1.82, 2.24) is 0 Å². The van der Waals surface area contributed by atoms with Gasteiger partial charge < -0.3 is 15.2 Å². The van der Waals surface area contributed by atoms with Crippen LogP contribution >= 0.6 is 11.6 Å². The molecule has 27 heavy (non-hydrogen) atoms. The molecule has 3 aromatic carbocycles. The number of methoxy groups -OCH3 is 1. The van der Waals surface area contributed by atoms with E-state index in [1.165, 1.54) is 0 Å². The van der Waals surface area contributed by atoms with Gasteiger partial charge in [-0.05, 0) is 54.6 Å². The van der Waals surface area contributed by atoms with Crippen molar-refractivity contribution >= 4 is 28.9 Å². The molecule has 1 amide bonds. The number of nitrogens with one attached hydrogen (secondary N) is 1. The van der Waals surface area contributed by atoms with Crippen LogP contribution in [0.25, 0.3) is 0 Å². The molecular weight excluding hydrogens is 364 g/mol. The second-order valence-electron chi connectivity index (χ2n) is 6.17. The number of amides is 1. The van der Waals surface area contributed by atoms with E-state index in [4.69, 9.17) is 16.3 Å². The second kappa shape index (κ2) is 6.85. The van der Waals surface area contributed by atoms with Crippen LogP contribution in [0.2, 0.25) is 5.02 Å². The average Bonchev–Trinajstić information content (AvgIpc) is 2.69. The van der Waals surface area contributed by atoms with Gasteiger partial charge in [-0.1, -0.05) is 23.7 Å². The SMILES string of the molecule is COc1ccc(O)c([C@H]2Nc3ccccc3C(=O)N2c2ccc(Cl)cc2)c1. The Hall–Kier alpha value is -3.18. The first kappa shape index (κ1) is 17.2. The van der Waals surface area contributed by atoms with Crippen LogP contribution in [0.3, 0.4) is 0 Å². The van der Waals surface area contributed by atoms with E-state index in [0.717, 1.165) is 0 Å². The van der Waals surface area contributed by atoms with E-state index in [0.29, 0.717) is 33.3 Å². The summed E-state index contributed by atoms with van der Waals surface area (Å²) in [6.45, 7) is 0. The lowest BCUT2D eigenvalue weighted by molar-refractivity contribution is 0.0974. The van der Waals surface area contributed by atoms with Crippen molar-refractivity contribution < 1.29 is 14.6 Å². The van der Waals surface area contributed by atoms with Gasteiger partial charge in [0.2, 0.25) is 0 Å². The number of carbonyl (C=O) groups excluding carboxylic acids is 1. The number of phenols is 1. The number of ether oxygens (including phenoxy) is 1. The lowest BCUT2D eigenvalue weighted by Crippen LogP contribution is -2.43. The largest absolute Gasteiger partial charge is 0.508 e. The van der Waals surface area contributed by atoms with Crippen LogP contribution in [0.4, 0.5) is 11.4 Å². The molecule has 0 aliphatic carbocycles. The van der Waals surface area contributed by atoms with Crippen LogP contribution in [-0.2, 0) is 0 Å². The molecule has 1 aliphatic heterocycles. The van der Waals surface area contributed by atoms with E-state index in [9.17, 15) is 9.90 Å². The molecule has 0 bridgehead atoms. The molecule has 0 saturated heterocycles. The Morgan fingerprint density at radius 1 is 1.07 bits per heavy atom. The van der Waals surface area contributed by atoms with Gasteiger partial charge in [0.1, 0.15) is 17.7 Å². The Bertz CT molecular complexity index is 1000. The van der Waals surface area contributed by atoms with E-state index in [-0.39, 0.29) is 11.7 Å². The number of phenolic OH excluding ortho intramolecular Hbond substituents is 1. The molecule has 3 aromatic rings. The number of nitrogens with zero attached hydrogens (tertiary/aromatic N) is 1. The second-order valence-corrected chi connectivity index (χ2v) is 6.61. The summed E-state index contributed by atoms with van der Waals surface area (Å²) in [6, 6.07) is 19.3. The predicted molar refractivity (Wildman–Crippen MR) is 106 cm³/mol. The highest BCUT2D eigenvalue weighted by Gasteiger charge is 2.35. The number of hydrogen-bond acceptors (Lipinski definition) is 4. The van der Waals surface area contributed by atoms with Crippen molar-refractivity contribution in [1.29, 1.82) is 0 Å². The summed E-state index contributed by atoms with van der Waals surface area (Å²) in [5.74, 6) is 0.491. The number of hydrogen-bond donors (Lipinski definition) is 2. The summed E-state index contributed by atoms with van der Waals surface area (Å²) in [4.78, 5) is 14.9. The molecule has 4 rings (SSSR count). The van der Waals surface area contributed by atoms with Gasteiger partial charge in [0, 0.05) is 22.0 Å². The molecule has 0 unspecified atom stereocenters. The smallest absolute Gasteiger partial charge is 0.262 e. The van der Waals surface area contributed by atoms with Crippen molar-refractivity contribution in [2.24, 2.45) is 0 Å². The first-order valence-electron chi connectivity index (χ1n) is 8.40. The molecule has 0 fully saturated rings.